The standard InChI is InChI=1S/C27H25NO4S2/c29-27(30)24(32-18-20-5-2-1-3-6-20)17-19-7-9-21(10-8-19)31-14-4-13-28-25-22(11-15-33-25)23-12-16-34-26(23)28/h1-3,5-12,15-16,24H,4,13-14,17-18H2,(H,29,30). The van der Waals surface area contributed by atoms with E-state index in [2.05, 4.69) is 27.5 Å². The van der Waals surface area contributed by atoms with Gasteiger partial charge < -0.3 is 19.1 Å². The first-order valence-electron chi connectivity index (χ1n) is 11.2. The quantitative estimate of drug-likeness (QED) is 0.212. The van der Waals surface area contributed by atoms with E-state index in [0.29, 0.717) is 13.0 Å². The zero-order valence-corrected chi connectivity index (χ0v) is 20.2. The molecule has 0 radical (unpaired) electrons. The predicted octanol–water partition coefficient (Wildman–Crippen LogP) is 6.60. The van der Waals surface area contributed by atoms with Crippen LogP contribution in [0.5, 0.6) is 5.75 Å². The van der Waals surface area contributed by atoms with Gasteiger partial charge in [-0.05, 0) is 52.6 Å². The lowest BCUT2D eigenvalue weighted by molar-refractivity contribution is -0.151. The highest BCUT2D eigenvalue weighted by molar-refractivity contribution is 7.19. The summed E-state index contributed by atoms with van der Waals surface area (Å²) < 4.78 is 14.0. The Labute approximate surface area is 205 Å². The lowest BCUT2D eigenvalue weighted by Crippen LogP contribution is -2.26. The molecule has 0 fully saturated rings. The van der Waals surface area contributed by atoms with Crippen molar-refractivity contribution < 1.29 is 19.4 Å². The lowest BCUT2D eigenvalue weighted by atomic mass is 10.1. The Morgan fingerprint density at radius 3 is 2.21 bits per heavy atom. The number of aromatic nitrogens is 1. The third-order valence-corrected chi connectivity index (χ3v) is 7.65. The van der Waals surface area contributed by atoms with E-state index in [1.54, 1.807) is 22.7 Å². The molecule has 1 unspecified atom stereocenters. The summed E-state index contributed by atoms with van der Waals surface area (Å²) in [6.07, 6.45) is 0.325. The van der Waals surface area contributed by atoms with Gasteiger partial charge in [-0.1, -0.05) is 42.5 Å². The Kier molecular flexibility index (Phi) is 6.94. The van der Waals surface area contributed by atoms with Gasteiger partial charge in [0.2, 0.25) is 0 Å². The Hall–Kier alpha value is -3.13. The minimum atomic E-state index is -0.957. The Balaban J connectivity index is 1.12. The third-order valence-electron chi connectivity index (χ3n) is 5.78. The Morgan fingerprint density at radius 2 is 1.56 bits per heavy atom. The summed E-state index contributed by atoms with van der Waals surface area (Å²) in [6.45, 7) is 1.81. The highest BCUT2D eigenvalue weighted by atomic mass is 32.1. The smallest absolute Gasteiger partial charge is 0.333 e. The van der Waals surface area contributed by atoms with Crippen molar-refractivity contribution in [3.63, 3.8) is 0 Å². The van der Waals surface area contributed by atoms with Crippen LogP contribution >= 0.6 is 22.7 Å². The van der Waals surface area contributed by atoms with Crippen molar-refractivity contribution in [3.05, 3.63) is 88.6 Å². The largest absolute Gasteiger partial charge is 0.494 e. The number of carbonyl (C=O) groups is 1. The molecule has 0 bridgehead atoms. The Bertz CT molecular complexity index is 1320. The summed E-state index contributed by atoms with van der Waals surface area (Å²) in [6, 6.07) is 21.6. The van der Waals surface area contributed by atoms with E-state index >= 15 is 0 Å². The normalized spacial score (nSPS) is 12.4. The monoisotopic (exact) mass is 491 g/mol. The molecule has 0 aliphatic rings. The molecule has 0 spiro atoms. The molecule has 2 aromatic carbocycles. The van der Waals surface area contributed by atoms with E-state index < -0.39 is 12.1 Å². The maximum absolute atomic E-state index is 11.6. The Morgan fingerprint density at radius 1 is 0.882 bits per heavy atom. The summed E-state index contributed by atoms with van der Waals surface area (Å²) >= 11 is 3.57. The van der Waals surface area contributed by atoms with Crippen LogP contribution < -0.4 is 4.74 Å². The molecular weight excluding hydrogens is 466 g/mol. The number of benzene rings is 2. The van der Waals surface area contributed by atoms with Crippen LogP contribution in [0.15, 0.2) is 77.5 Å². The second-order valence-electron chi connectivity index (χ2n) is 8.10. The van der Waals surface area contributed by atoms with Crippen molar-refractivity contribution in [1.29, 1.82) is 0 Å². The fraction of sp³-hybridized carbons (Fsp3) is 0.222. The molecule has 34 heavy (non-hydrogen) atoms. The van der Waals surface area contributed by atoms with Crippen molar-refractivity contribution >= 4 is 49.1 Å². The minimum Gasteiger partial charge on any atom is -0.494 e. The number of aryl methyl sites for hydroxylation is 1. The summed E-state index contributed by atoms with van der Waals surface area (Å²) in [4.78, 5) is 14.3. The molecule has 0 aliphatic heterocycles. The molecule has 1 atom stereocenters. The zero-order chi connectivity index (χ0) is 23.3. The SMILES string of the molecule is O=C(O)C(Cc1ccc(OCCCn2c3sccc3c3ccsc32)cc1)OCc1ccccc1. The van der Waals surface area contributed by atoms with Crippen molar-refractivity contribution in [1.82, 2.24) is 4.57 Å². The average Bonchev–Trinajstić information content (AvgIpc) is 3.57. The number of hydrogen-bond donors (Lipinski definition) is 1. The maximum Gasteiger partial charge on any atom is 0.333 e. The number of thiophene rings is 2. The van der Waals surface area contributed by atoms with Crippen LogP contribution in [0.25, 0.3) is 20.4 Å². The van der Waals surface area contributed by atoms with E-state index in [1.807, 2.05) is 54.6 Å². The van der Waals surface area contributed by atoms with Gasteiger partial charge in [-0.3, -0.25) is 0 Å². The molecular formula is C27H25NO4S2. The molecule has 0 saturated carbocycles. The van der Waals surface area contributed by atoms with E-state index in [0.717, 1.165) is 29.8 Å². The second-order valence-corrected chi connectivity index (χ2v) is 9.89. The maximum atomic E-state index is 11.6. The van der Waals surface area contributed by atoms with Crippen molar-refractivity contribution in [2.24, 2.45) is 0 Å². The molecule has 7 heteroatoms. The molecule has 3 heterocycles. The molecule has 0 saturated heterocycles. The highest BCUT2D eigenvalue weighted by Gasteiger charge is 2.19. The molecule has 5 rings (SSSR count). The molecule has 5 nitrogen and oxygen atoms in total. The zero-order valence-electron chi connectivity index (χ0n) is 18.6. The van der Waals surface area contributed by atoms with Crippen molar-refractivity contribution in [3.8, 4) is 5.75 Å². The fourth-order valence-electron chi connectivity index (χ4n) is 4.06. The summed E-state index contributed by atoms with van der Waals surface area (Å²) in [7, 11) is 0. The van der Waals surface area contributed by atoms with Gasteiger partial charge in [0, 0.05) is 23.7 Å². The first-order chi connectivity index (χ1) is 16.7. The van der Waals surface area contributed by atoms with Crippen molar-refractivity contribution in [2.45, 2.75) is 32.1 Å². The molecule has 174 valence electrons. The fourth-order valence-corrected chi connectivity index (χ4v) is 6.02. The van der Waals surface area contributed by atoms with Crippen LogP contribution in [0.2, 0.25) is 0 Å². The number of fused-ring (bicyclic) bond motifs is 3. The predicted molar refractivity (Wildman–Crippen MR) is 138 cm³/mol. The minimum absolute atomic E-state index is 0.274. The second kappa shape index (κ2) is 10.4. The van der Waals surface area contributed by atoms with Crippen LogP contribution in [0.4, 0.5) is 0 Å². The molecule has 5 aromatic rings. The van der Waals surface area contributed by atoms with Gasteiger partial charge in [0.05, 0.1) is 13.2 Å². The van der Waals surface area contributed by atoms with Gasteiger partial charge >= 0.3 is 5.97 Å². The summed E-state index contributed by atoms with van der Waals surface area (Å²) in [5.74, 6) is -0.170. The van der Waals surface area contributed by atoms with Gasteiger partial charge in [-0.25, -0.2) is 4.79 Å². The van der Waals surface area contributed by atoms with Crippen LogP contribution in [-0.2, 0) is 29.1 Å². The third kappa shape index (κ3) is 5.01. The first kappa shape index (κ1) is 22.7. The number of hydrogen-bond acceptors (Lipinski definition) is 5. The molecule has 0 amide bonds. The van der Waals surface area contributed by atoms with E-state index in [4.69, 9.17) is 9.47 Å². The number of carboxylic acid groups (broad SMARTS) is 1. The summed E-state index contributed by atoms with van der Waals surface area (Å²) in [5.41, 5.74) is 1.86. The van der Waals surface area contributed by atoms with Gasteiger partial charge in [-0.2, -0.15) is 0 Å². The number of ether oxygens (including phenoxy) is 2. The first-order valence-corrected chi connectivity index (χ1v) is 13.0. The summed E-state index contributed by atoms with van der Waals surface area (Å²) in [5, 5.41) is 16.5. The number of aliphatic carboxylic acids is 1. The van der Waals surface area contributed by atoms with E-state index in [-0.39, 0.29) is 6.61 Å². The van der Waals surface area contributed by atoms with Crippen LogP contribution in [0.3, 0.4) is 0 Å². The molecule has 0 aliphatic carbocycles. The van der Waals surface area contributed by atoms with Gasteiger partial charge in [-0.15, -0.1) is 22.7 Å². The molecule has 1 N–H and O–H groups in total. The van der Waals surface area contributed by atoms with Gasteiger partial charge in [0.1, 0.15) is 15.4 Å². The van der Waals surface area contributed by atoms with E-state index in [1.165, 1.54) is 20.4 Å². The highest BCUT2D eigenvalue weighted by Crippen LogP contribution is 2.35. The molecule has 3 aromatic heterocycles. The number of rotatable bonds is 11. The number of nitrogens with zero attached hydrogens (tertiary/aromatic N) is 1. The van der Waals surface area contributed by atoms with Crippen molar-refractivity contribution in [2.75, 3.05) is 6.61 Å². The van der Waals surface area contributed by atoms with E-state index in [9.17, 15) is 9.90 Å². The topological polar surface area (TPSA) is 60.7 Å². The van der Waals surface area contributed by atoms with Crippen LogP contribution in [0.1, 0.15) is 17.5 Å². The van der Waals surface area contributed by atoms with Gasteiger partial charge in [0.15, 0.2) is 6.10 Å². The lowest BCUT2D eigenvalue weighted by Gasteiger charge is -2.14. The van der Waals surface area contributed by atoms with Gasteiger partial charge in [0.25, 0.3) is 0 Å². The van der Waals surface area contributed by atoms with Crippen LogP contribution in [0, 0.1) is 0 Å². The van der Waals surface area contributed by atoms with Crippen LogP contribution in [-0.4, -0.2) is 28.4 Å². The average molecular weight is 492 g/mol. The number of carboxylic acids is 1.